The number of rotatable bonds is 6. The highest BCUT2D eigenvalue weighted by Crippen LogP contribution is 2.17. The molecule has 1 aromatic rings. The molecule has 0 spiro atoms. The molecule has 0 aliphatic rings. The summed E-state index contributed by atoms with van der Waals surface area (Å²) >= 11 is 1.57. The minimum Gasteiger partial charge on any atom is -0.354 e. The largest absolute Gasteiger partial charge is 0.401 e. The summed E-state index contributed by atoms with van der Waals surface area (Å²) in [6.07, 6.45) is -4.29. The van der Waals surface area contributed by atoms with Gasteiger partial charge in [0.15, 0.2) is 0 Å². The maximum atomic E-state index is 11.8. The van der Waals surface area contributed by atoms with Gasteiger partial charge in [0.25, 0.3) is 0 Å². The standard InChI is InChI=1S/C11H15F3N2OS/c1-8(9-2-3-18-6-9)4-16-10(17)5-15-7-11(12,13)14/h2-3,6,8,15H,4-5,7H2,1H3,(H,16,17)/t8-/m0/s1. The van der Waals surface area contributed by atoms with Crippen molar-refractivity contribution >= 4 is 17.2 Å². The highest BCUT2D eigenvalue weighted by molar-refractivity contribution is 7.07. The summed E-state index contributed by atoms with van der Waals surface area (Å²) in [6.45, 7) is 0.894. The van der Waals surface area contributed by atoms with Gasteiger partial charge in [0.05, 0.1) is 13.1 Å². The Morgan fingerprint density at radius 3 is 2.78 bits per heavy atom. The quantitative estimate of drug-likeness (QED) is 0.838. The molecule has 7 heteroatoms. The van der Waals surface area contributed by atoms with E-state index in [4.69, 9.17) is 0 Å². The third-order valence-electron chi connectivity index (χ3n) is 2.33. The van der Waals surface area contributed by atoms with E-state index in [-0.39, 0.29) is 12.5 Å². The van der Waals surface area contributed by atoms with E-state index in [1.54, 1.807) is 11.3 Å². The number of alkyl halides is 3. The van der Waals surface area contributed by atoms with Crippen molar-refractivity contribution in [3.05, 3.63) is 22.4 Å². The van der Waals surface area contributed by atoms with Crippen LogP contribution in [0.1, 0.15) is 18.4 Å². The van der Waals surface area contributed by atoms with Gasteiger partial charge in [-0.05, 0) is 28.3 Å². The lowest BCUT2D eigenvalue weighted by Gasteiger charge is -2.12. The summed E-state index contributed by atoms with van der Waals surface area (Å²) in [7, 11) is 0. The van der Waals surface area contributed by atoms with Crippen molar-refractivity contribution in [3.8, 4) is 0 Å². The summed E-state index contributed by atoms with van der Waals surface area (Å²) in [4.78, 5) is 11.3. The van der Waals surface area contributed by atoms with E-state index in [1.807, 2.05) is 29.1 Å². The Hall–Kier alpha value is -1.08. The monoisotopic (exact) mass is 280 g/mol. The van der Waals surface area contributed by atoms with Gasteiger partial charge in [0.1, 0.15) is 0 Å². The second-order valence-electron chi connectivity index (χ2n) is 3.98. The minimum atomic E-state index is -4.29. The van der Waals surface area contributed by atoms with Gasteiger partial charge < -0.3 is 10.6 Å². The van der Waals surface area contributed by atoms with Crippen LogP contribution in [0.4, 0.5) is 13.2 Å². The van der Waals surface area contributed by atoms with Crippen molar-refractivity contribution in [1.82, 2.24) is 10.6 Å². The molecule has 3 nitrogen and oxygen atoms in total. The molecule has 0 unspecified atom stereocenters. The van der Waals surface area contributed by atoms with E-state index < -0.39 is 18.6 Å². The van der Waals surface area contributed by atoms with Gasteiger partial charge in [0, 0.05) is 6.54 Å². The molecule has 18 heavy (non-hydrogen) atoms. The fourth-order valence-electron chi connectivity index (χ4n) is 1.32. The lowest BCUT2D eigenvalue weighted by molar-refractivity contribution is -0.128. The molecular weight excluding hydrogens is 265 g/mol. The second kappa shape index (κ2) is 6.75. The van der Waals surface area contributed by atoms with Gasteiger partial charge in [-0.2, -0.15) is 24.5 Å². The van der Waals surface area contributed by atoms with Crippen LogP contribution in [0.15, 0.2) is 16.8 Å². The first kappa shape index (κ1) is 15.0. The number of halogens is 3. The van der Waals surface area contributed by atoms with E-state index in [2.05, 4.69) is 5.32 Å². The lowest BCUT2D eigenvalue weighted by Crippen LogP contribution is -2.39. The van der Waals surface area contributed by atoms with Crippen LogP contribution in [0.25, 0.3) is 0 Å². The summed E-state index contributed by atoms with van der Waals surface area (Å²) in [5.74, 6) is -0.274. The molecule has 0 bridgehead atoms. The zero-order valence-corrected chi connectivity index (χ0v) is 10.7. The van der Waals surface area contributed by atoms with E-state index >= 15 is 0 Å². The Balaban J connectivity index is 2.17. The topological polar surface area (TPSA) is 41.1 Å². The normalized spacial score (nSPS) is 13.3. The van der Waals surface area contributed by atoms with Crippen LogP contribution in [0.3, 0.4) is 0 Å². The first-order valence-corrected chi connectivity index (χ1v) is 6.39. The maximum absolute atomic E-state index is 11.8. The van der Waals surface area contributed by atoms with Crippen LogP contribution >= 0.6 is 11.3 Å². The molecule has 2 N–H and O–H groups in total. The first-order valence-electron chi connectivity index (χ1n) is 5.45. The van der Waals surface area contributed by atoms with Crippen LogP contribution < -0.4 is 10.6 Å². The third kappa shape index (κ3) is 6.02. The minimum absolute atomic E-state index is 0.155. The van der Waals surface area contributed by atoms with E-state index in [0.717, 1.165) is 5.56 Å². The smallest absolute Gasteiger partial charge is 0.354 e. The summed E-state index contributed by atoms with van der Waals surface area (Å²) in [5.41, 5.74) is 1.11. The van der Waals surface area contributed by atoms with Gasteiger partial charge >= 0.3 is 6.18 Å². The first-order chi connectivity index (χ1) is 8.38. The van der Waals surface area contributed by atoms with Crippen LogP contribution in [0, 0.1) is 0 Å². The van der Waals surface area contributed by atoms with Gasteiger partial charge in [0.2, 0.25) is 5.91 Å². The molecule has 1 rings (SSSR count). The third-order valence-corrected chi connectivity index (χ3v) is 3.03. The molecule has 0 fully saturated rings. The molecule has 0 aromatic carbocycles. The van der Waals surface area contributed by atoms with Crippen LogP contribution in [0.2, 0.25) is 0 Å². The summed E-state index contributed by atoms with van der Waals surface area (Å²) in [5, 5.41) is 8.57. The predicted molar refractivity (Wildman–Crippen MR) is 64.7 cm³/mol. The fourth-order valence-corrected chi connectivity index (χ4v) is 2.10. The molecule has 0 aliphatic carbocycles. The Morgan fingerprint density at radius 1 is 1.50 bits per heavy atom. The van der Waals surface area contributed by atoms with Gasteiger partial charge in [-0.1, -0.05) is 6.92 Å². The fraction of sp³-hybridized carbons (Fsp3) is 0.545. The van der Waals surface area contributed by atoms with Crippen molar-refractivity contribution in [3.63, 3.8) is 0 Å². The molecular formula is C11H15F3N2OS. The highest BCUT2D eigenvalue weighted by Gasteiger charge is 2.26. The second-order valence-corrected chi connectivity index (χ2v) is 4.76. The van der Waals surface area contributed by atoms with Crippen molar-refractivity contribution in [1.29, 1.82) is 0 Å². The number of carbonyl (C=O) groups excluding carboxylic acids is 1. The van der Waals surface area contributed by atoms with E-state index in [0.29, 0.717) is 6.54 Å². The van der Waals surface area contributed by atoms with Gasteiger partial charge in [-0.3, -0.25) is 4.79 Å². The Kier molecular flexibility index (Phi) is 5.61. The lowest BCUT2D eigenvalue weighted by atomic mass is 10.1. The molecule has 0 radical (unpaired) electrons. The maximum Gasteiger partial charge on any atom is 0.401 e. The van der Waals surface area contributed by atoms with Crippen LogP contribution in [-0.4, -0.2) is 31.7 Å². The van der Waals surface area contributed by atoms with Crippen LogP contribution in [0.5, 0.6) is 0 Å². The Bertz CT molecular complexity index is 365. The number of amides is 1. The average molecular weight is 280 g/mol. The molecule has 0 saturated heterocycles. The number of hydrogen-bond acceptors (Lipinski definition) is 3. The highest BCUT2D eigenvalue weighted by atomic mass is 32.1. The average Bonchev–Trinajstić information content (AvgIpc) is 2.77. The number of carbonyl (C=O) groups is 1. The van der Waals surface area contributed by atoms with Crippen molar-refractivity contribution < 1.29 is 18.0 Å². The van der Waals surface area contributed by atoms with Crippen molar-refractivity contribution in [2.45, 2.75) is 19.0 Å². The number of nitrogens with one attached hydrogen (secondary N) is 2. The molecule has 1 amide bonds. The SMILES string of the molecule is C[C@@H](CNC(=O)CNCC(F)(F)F)c1ccsc1. The van der Waals surface area contributed by atoms with Crippen molar-refractivity contribution in [2.24, 2.45) is 0 Å². The zero-order valence-electron chi connectivity index (χ0n) is 9.88. The zero-order chi connectivity index (χ0) is 13.6. The Labute approximate surface area is 107 Å². The molecule has 1 aromatic heterocycles. The molecule has 0 aliphatic heterocycles. The molecule has 1 heterocycles. The van der Waals surface area contributed by atoms with Gasteiger partial charge in [-0.15, -0.1) is 0 Å². The molecule has 102 valence electrons. The predicted octanol–water partition coefficient (Wildman–Crippen LogP) is 2.12. The number of hydrogen-bond donors (Lipinski definition) is 2. The van der Waals surface area contributed by atoms with Gasteiger partial charge in [-0.25, -0.2) is 0 Å². The van der Waals surface area contributed by atoms with Crippen LogP contribution in [-0.2, 0) is 4.79 Å². The van der Waals surface area contributed by atoms with E-state index in [9.17, 15) is 18.0 Å². The van der Waals surface area contributed by atoms with Crippen molar-refractivity contribution in [2.75, 3.05) is 19.6 Å². The Morgan fingerprint density at radius 2 is 2.22 bits per heavy atom. The van der Waals surface area contributed by atoms with E-state index in [1.165, 1.54) is 0 Å². The number of thiophene rings is 1. The molecule has 0 saturated carbocycles. The molecule has 1 atom stereocenters. The summed E-state index contributed by atoms with van der Waals surface area (Å²) < 4.78 is 35.4. The summed E-state index contributed by atoms with van der Waals surface area (Å²) in [6, 6.07) is 1.96.